The molecule has 5 rings (SSSR count). The maximum atomic E-state index is 14.2. The predicted molar refractivity (Wildman–Crippen MR) is 101 cm³/mol. The van der Waals surface area contributed by atoms with E-state index in [-0.39, 0.29) is 17.9 Å². The highest BCUT2D eigenvalue weighted by Crippen LogP contribution is 2.39. The summed E-state index contributed by atoms with van der Waals surface area (Å²) in [6, 6.07) is 4.71. The van der Waals surface area contributed by atoms with Crippen LogP contribution in [0.2, 0.25) is 0 Å². The van der Waals surface area contributed by atoms with Crippen molar-refractivity contribution in [2.75, 3.05) is 14.2 Å². The van der Waals surface area contributed by atoms with Crippen LogP contribution in [0.3, 0.4) is 0 Å². The minimum atomic E-state index is -0.954. The van der Waals surface area contributed by atoms with Crippen LogP contribution < -0.4 is 10.3 Å². The fourth-order valence-electron chi connectivity index (χ4n) is 4.19. The Morgan fingerprint density at radius 1 is 1.21 bits per heavy atom. The van der Waals surface area contributed by atoms with Crippen LogP contribution in [0.1, 0.15) is 28.4 Å². The van der Waals surface area contributed by atoms with Crippen LogP contribution >= 0.6 is 0 Å². The van der Waals surface area contributed by atoms with Gasteiger partial charge in [-0.05, 0) is 24.6 Å². The number of fused-ring (bicyclic) bond motifs is 5. The number of pyridine rings is 2. The monoisotopic (exact) mass is 396 g/mol. The second kappa shape index (κ2) is 6.12. The topological polar surface area (TPSA) is 79.6 Å². The first-order chi connectivity index (χ1) is 13.9. The van der Waals surface area contributed by atoms with E-state index in [0.717, 1.165) is 16.5 Å². The van der Waals surface area contributed by atoms with Crippen molar-refractivity contribution in [1.29, 1.82) is 0 Å². The van der Waals surface area contributed by atoms with Gasteiger partial charge in [0, 0.05) is 29.7 Å². The molecule has 1 unspecified atom stereocenters. The molecule has 1 atom stereocenters. The first kappa shape index (κ1) is 17.8. The maximum Gasteiger partial charge on any atom is 0.340 e. The van der Waals surface area contributed by atoms with Gasteiger partial charge in [0.05, 0.1) is 36.1 Å². The van der Waals surface area contributed by atoms with E-state index in [4.69, 9.17) is 14.2 Å². The van der Waals surface area contributed by atoms with Crippen molar-refractivity contribution in [3.05, 3.63) is 56.6 Å². The lowest BCUT2D eigenvalue weighted by atomic mass is 9.99. The van der Waals surface area contributed by atoms with Gasteiger partial charge in [-0.3, -0.25) is 4.79 Å². The molecule has 0 N–H and O–H groups in total. The molecule has 1 aromatic carbocycles. The Labute approximate surface area is 164 Å². The number of cyclic esters (lactones) is 1. The zero-order valence-corrected chi connectivity index (χ0v) is 16.0. The summed E-state index contributed by atoms with van der Waals surface area (Å²) in [7, 11) is 2.81. The number of benzene rings is 1. The van der Waals surface area contributed by atoms with Crippen LogP contribution in [0.15, 0.2) is 23.0 Å². The van der Waals surface area contributed by atoms with Gasteiger partial charge in [0.1, 0.15) is 6.61 Å². The molecule has 3 aromatic rings. The minimum Gasteiger partial charge on any atom is -0.494 e. The number of halogens is 1. The third-order valence-electron chi connectivity index (χ3n) is 5.73. The number of methoxy groups -OCH3 is 2. The summed E-state index contributed by atoms with van der Waals surface area (Å²) in [5.41, 5.74) is 4.11. The summed E-state index contributed by atoms with van der Waals surface area (Å²) >= 11 is 0. The number of esters is 1. The molecule has 2 aromatic heterocycles. The van der Waals surface area contributed by atoms with Gasteiger partial charge < -0.3 is 18.8 Å². The van der Waals surface area contributed by atoms with Crippen LogP contribution in [-0.2, 0) is 27.4 Å². The van der Waals surface area contributed by atoms with E-state index in [9.17, 15) is 14.0 Å². The number of carbonyl (C=O) groups excluding carboxylic acids is 1. The lowest BCUT2D eigenvalue weighted by Crippen LogP contribution is -2.33. The highest BCUT2D eigenvalue weighted by molar-refractivity contribution is 5.89. The average Bonchev–Trinajstić information content (AvgIpc) is 3.07. The van der Waals surface area contributed by atoms with Gasteiger partial charge in [0.2, 0.25) is 0 Å². The zero-order valence-electron chi connectivity index (χ0n) is 16.0. The number of ether oxygens (including phenoxy) is 3. The molecular formula is C21H17FN2O5. The summed E-state index contributed by atoms with van der Waals surface area (Å²) in [6.45, 7) is 2.18. The number of nitrogens with zero attached hydrogens (tertiary/aromatic N) is 2. The molecule has 0 saturated heterocycles. The Bertz CT molecular complexity index is 1280. The molecular weight excluding hydrogens is 379 g/mol. The minimum absolute atomic E-state index is 0.0831. The first-order valence-electron chi connectivity index (χ1n) is 9.07. The van der Waals surface area contributed by atoms with E-state index < -0.39 is 17.9 Å². The standard InChI is InChI=1S/C21H17FN2O5/c1-9-10-5-17(27-2)14(22)6-15(10)23-18-12(9)7-24-16(18)4-11-13(20(24)25)8-29-21(26)19(11)28-3/h4-6,19H,7-8H2,1-3H3. The lowest BCUT2D eigenvalue weighted by Gasteiger charge is -2.24. The predicted octanol–water partition coefficient (Wildman–Crippen LogP) is 2.63. The lowest BCUT2D eigenvalue weighted by molar-refractivity contribution is -0.159. The second-order valence-electron chi connectivity index (χ2n) is 7.15. The summed E-state index contributed by atoms with van der Waals surface area (Å²) in [5, 5.41) is 0.765. The number of rotatable bonds is 2. The summed E-state index contributed by atoms with van der Waals surface area (Å²) in [6.07, 6.45) is -0.954. The summed E-state index contributed by atoms with van der Waals surface area (Å²) < 4.78 is 31.3. The van der Waals surface area contributed by atoms with E-state index in [2.05, 4.69) is 4.98 Å². The fraction of sp³-hybridized carbons (Fsp3) is 0.286. The van der Waals surface area contributed by atoms with E-state index in [1.807, 2.05) is 6.92 Å². The number of hydrogen-bond donors (Lipinski definition) is 0. The van der Waals surface area contributed by atoms with E-state index >= 15 is 0 Å². The first-order valence-corrected chi connectivity index (χ1v) is 9.07. The molecule has 0 bridgehead atoms. The average molecular weight is 396 g/mol. The van der Waals surface area contributed by atoms with Gasteiger partial charge in [-0.1, -0.05) is 0 Å². The smallest absolute Gasteiger partial charge is 0.340 e. The van der Waals surface area contributed by atoms with Crippen LogP contribution in [0.5, 0.6) is 5.75 Å². The highest BCUT2D eigenvalue weighted by Gasteiger charge is 2.35. The molecule has 7 nitrogen and oxygen atoms in total. The molecule has 0 saturated carbocycles. The van der Waals surface area contributed by atoms with Crippen molar-refractivity contribution in [2.45, 2.75) is 26.2 Å². The summed E-state index contributed by atoms with van der Waals surface area (Å²) in [4.78, 5) is 29.8. The maximum absolute atomic E-state index is 14.2. The molecule has 148 valence electrons. The van der Waals surface area contributed by atoms with Gasteiger partial charge in [0.15, 0.2) is 17.7 Å². The SMILES string of the molecule is COc1cc2c(C)c3c(nc2cc1F)-c1cc2c(c(=O)n1C3)COC(=O)C2OC. The van der Waals surface area contributed by atoms with Crippen LogP contribution in [0, 0.1) is 12.7 Å². The second-order valence-corrected chi connectivity index (χ2v) is 7.15. The van der Waals surface area contributed by atoms with E-state index in [0.29, 0.717) is 34.6 Å². The Balaban J connectivity index is 1.79. The van der Waals surface area contributed by atoms with Crippen LogP contribution in [0.4, 0.5) is 4.39 Å². The Hall–Kier alpha value is -3.26. The van der Waals surface area contributed by atoms with Crippen molar-refractivity contribution in [2.24, 2.45) is 0 Å². The van der Waals surface area contributed by atoms with Gasteiger partial charge >= 0.3 is 5.97 Å². The number of hydrogen-bond acceptors (Lipinski definition) is 6. The molecule has 8 heteroatoms. The number of carbonyl (C=O) groups is 1. The van der Waals surface area contributed by atoms with Gasteiger partial charge in [-0.25, -0.2) is 14.2 Å². The number of aryl methyl sites for hydroxylation is 1. The molecule has 2 aliphatic heterocycles. The van der Waals surface area contributed by atoms with E-state index in [1.165, 1.54) is 20.3 Å². The third kappa shape index (κ3) is 2.35. The van der Waals surface area contributed by atoms with Gasteiger partial charge in [0.25, 0.3) is 5.56 Å². The van der Waals surface area contributed by atoms with Gasteiger partial charge in [-0.2, -0.15) is 0 Å². The zero-order chi connectivity index (χ0) is 20.4. The molecule has 0 radical (unpaired) electrons. The number of aromatic nitrogens is 2. The van der Waals surface area contributed by atoms with Crippen LogP contribution in [0.25, 0.3) is 22.3 Å². The fourth-order valence-corrected chi connectivity index (χ4v) is 4.19. The van der Waals surface area contributed by atoms with Crippen molar-refractivity contribution in [3.8, 4) is 17.1 Å². The Morgan fingerprint density at radius 2 is 2.00 bits per heavy atom. The molecule has 29 heavy (non-hydrogen) atoms. The largest absolute Gasteiger partial charge is 0.494 e. The Morgan fingerprint density at radius 3 is 2.72 bits per heavy atom. The van der Waals surface area contributed by atoms with Gasteiger partial charge in [-0.15, -0.1) is 0 Å². The highest BCUT2D eigenvalue weighted by atomic mass is 19.1. The van der Waals surface area contributed by atoms with E-state index in [1.54, 1.807) is 16.7 Å². The van der Waals surface area contributed by atoms with Crippen molar-refractivity contribution in [3.63, 3.8) is 0 Å². The molecule has 0 aliphatic carbocycles. The van der Waals surface area contributed by atoms with Crippen molar-refractivity contribution in [1.82, 2.24) is 9.55 Å². The normalized spacial score (nSPS) is 17.0. The van der Waals surface area contributed by atoms with Crippen LogP contribution in [-0.4, -0.2) is 29.7 Å². The summed E-state index contributed by atoms with van der Waals surface area (Å²) in [5.74, 6) is -0.890. The molecule has 2 aliphatic rings. The molecule has 0 fully saturated rings. The molecule has 0 amide bonds. The quantitative estimate of drug-likeness (QED) is 0.485. The third-order valence-corrected chi connectivity index (χ3v) is 5.73. The van der Waals surface area contributed by atoms with Crippen molar-refractivity contribution >= 4 is 16.9 Å². The van der Waals surface area contributed by atoms with Crippen molar-refractivity contribution < 1.29 is 23.4 Å². The molecule has 0 spiro atoms. The molecule has 4 heterocycles. The Kier molecular flexibility index (Phi) is 3.76.